The summed E-state index contributed by atoms with van der Waals surface area (Å²) in [7, 11) is 0. The van der Waals surface area contributed by atoms with E-state index < -0.39 is 10.8 Å². The van der Waals surface area contributed by atoms with Crippen molar-refractivity contribution in [2.45, 2.75) is 0 Å². The quantitative estimate of drug-likeness (QED) is 0.477. The van der Waals surface area contributed by atoms with Crippen molar-refractivity contribution in [3.8, 4) is 0 Å². The predicted molar refractivity (Wildman–Crippen MR) is 85.2 cm³/mol. The Bertz CT molecular complexity index is 674. The molecule has 20 heavy (non-hydrogen) atoms. The summed E-state index contributed by atoms with van der Waals surface area (Å²) in [5.41, 5.74) is 0.668. The molecule has 0 aliphatic heterocycles. The van der Waals surface area contributed by atoms with Gasteiger partial charge in [-0.05, 0) is 52.9 Å². The second-order valence-electron chi connectivity index (χ2n) is 3.88. The van der Waals surface area contributed by atoms with Gasteiger partial charge in [-0.25, -0.2) is 0 Å². The highest BCUT2D eigenvalue weighted by molar-refractivity contribution is 14.1. The zero-order chi connectivity index (χ0) is 14.7. The molecule has 2 aromatic carbocycles. The molecule has 0 bridgehead atoms. The highest BCUT2D eigenvalue weighted by atomic mass is 127. The lowest BCUT2D eigenvalue weighted by molar-refractivity contribution is -0.384. The number of nitro groups is 1. The van der Waals surface area contributed by atoms with E-state index in [-0.39, 0.29) is 16.3 Å². The van der Waals surface area contributed by atoms with Crippen molar-refractivity contribution in [1.29, 1.82) is 0 Å². The number of amides is 1. The van der Waals surface area contributed by atoms with Crippen LogP contribution in [-0.2, 0) is 0 Å². The normalized spacial score (nSPS) is 10.1. The van der Waals surface area contributed by atoms with Crippen molar-refractivity contribution in [1.82, 2.24) is 0 Å². The number of non-ortho nitro benzene ring substituents is 1. The lowest BCUT2D eigenvalue weighted by atomic mass is 10.2. The Hall–Kier alpha value is -1.67. The number of nitro benzene ring substituents is 1. The highest BCUT2D eigenvalue weighted by Gasteiger charge is 2.14. The standard InChI is InChI=1S/C13H8ClIN2O3/c14-12-7-10(17(19)20)5-6-11(12)13(18)16-9-3-1-8(15)2-4-9/h1-7H,(H,16,18). The van der Waals surface area contributed by atoms with Crippen LogP contribution in [0.25, 0.3) is 0 Å². The van der Waals surface area contributed by atoms with Crippen LogP contribution in [0.4, 0.5) is 11.4 Å². The first-order chi connectivity index (χ1) is 9.47. The van der Waals surface area contributed by atoms with Crippen molar-refractivity contribution in [2.75, 3.05) is 5.32 Å². The van der Waals surface area contributed by atoms with Crippen LogP contribution in [0.15, 0.2) is 42.5 Å². The van der Waals surface area contributed by atoms with Gasteiger partial charge in [0.2, 0.25) is 0 Å². The molecule has 0 spiro atoms. The molecule has 0 heterocycles. The molecule has 0 saturated carbocycles. The van der Waals surface area contributed by atoms with Crippen LogP contribution in [-0.4, -0.2) is 10.8 Å². The van der Waals surface area contributed by atoms with Gasteiger partial charge in [-0.2, -0.15) is 0 Å². The number of hydrogen-bond donors (Lipinski definition) is 1. The van der Waals surface area contributed by atoms with Crippen LogP contribution >= 0.6 is 34.2 Å². The average Bonchev–Trinajstić information content (AvgIpc) is 2.41. The monoisotopic (exact) mass is 402 g/mol. The van der Waals surface area contributed by atoms with E-state index in [1.54, 1.807) is 12.1 Å². The number of nitrogens with one attached hydrogen (secondary N) is 1. The molecule has 0 aliphatic rings. The van der Waals surface area contributed by atoms with Gasteiger partial charge in [-0.1, -0.05) is 11.6 Å². The largest absolute Gasteiger partial charge is 0.322 e. The molecule has 1 N–H and O–H groups in total. The maximum atomic E-state index is 12.0. The lowest BCUT2D eigenvalue weighted by Crippen LogP contribution is -2.12. The first-order valence-electron chi connectivity index (χ1n) is 5.48. The molecule has 5 nitrogen and oxygen atoms in total. The third-order valence-corrected chi connectivity index (χ3v) is 3.54. The SMILES string of the molecule is O=C(Nc1ccc(I)cc1)c1ccc([N+](=O)[O-])cc1Cl. The number of carbonyl (C=O) groups excluding carboxylic acids is 1. The minimum Gasteiger partial charge on any atom is -0.322 e. The minimum atomic E-state index is -0.563. The molecule has 2 aromatic rings. The van der Waals surface area contributed by atoms with E-state index in [4.69, 9.17) is 11.6 Å². The van der Waals surface area contributed by atoms with Crippen molar-refractivity contribution < 1.29 is 9.72 Å². The Morgan fingerprint density at radius 2 is 1.85 bits per heavy atom. The van der Waals surface area contributed by atoms with Crippen molar-refractivity contribution in [2.24, 2.45) is 0 Å². The summed E-state index contributed by atoms with van der Waals surface area (Å²) in [6.07, 6.45) is 0. The van der Waals surface area contributed by atoms with Gasteiger partial charge in [0.1, 0.15) is 0 Å². The van der Waals surface area contributed by atoms with Gasteiger partial charge in [0.15, 0.2) is 0 Å². The molecule has 0 fully saturated rings. The van der Waals surface area contributed by atoms with E-state index in [1.165, 1.54) is 12.1 Å². The molecule has 0 aromatic heterocycles. The number of nitrogens with zero attached hydrogens (tertiary/aromatic N) is 1. The van der Waals surface area contributed by atoms with Crippen molar-refractivity contribution >= 4 is 51.5 Å². The fourth-order valence-electron chi connectivity index (χ4n) is 1.53. The molecule has 0 radical (unpaired) electrons. The number of rotatable bonds is 3. The lowest BCUT2D eigenvalue weighted by Gasteiger charge is -2.06. The van der Waals surface area contributed by atoms with E-state index >= 15 is 0 Å². The molecule has 0 aliphatic carbocycles. The molecule has 0 atom stereocenters. The Morgan fingerprint density at radius 1 is 1.20 bits per heavy atom. The zero-order valence-electron chi connectivity index (χ0n) is 9.97. The van der Waals surface area contributed by atoms with Crippen molar-refractivity contribution in [3.63, 3.8) is 0 Å². The van der Waals surface area contributed by atoms with E-state index in [0.717, 1.165) is 9.64 Å². The highest BCUT2D eigenvalue weighted by Crippen LogP contribution is 2.23. The summed E-state index contributed by atoms with van der Waals surface area (Å²) in [5, 5.41) is 13.3. The van der Waals surface area contributed by atoms with Crippen LogP contribution in [0.2, 0.25) is 5.02 Å². The molecule has 1 amide bonds. The first-order valence-corrected chi connectivity index (χ1v) is 6.94. The molecule has 102 valence electrons. The smallest absolute Gasteiger partial charge is 0.270 e. The maximum Gasteiger partial charge on any atom is 0.270 e. The third-order valence-electron chi connectivity index (χ3n) is 2.51. The second kappa shape index (κ2) is 6.19. The fraction of sp³-hybridized carbons (Fsp3) is 0. The minimum absolute atomic E-state index is 0.0437. The zero-order valence-corrected chi connectivity index (χ0v) is 12.9. The number of hydrogen-bond acceptors (Lipinski definition) is 3. The average molecular weight is 403 g/mol. The summed E-state index contributed by atoms with van der Waals surface area (Å²) in [6.45, 7) is 0. The maximum absolute atomic E-state index is 12.0. The molecule has 2 rings (SSSR count). The summed E-state index contributed by atoms with van der Waals surface area (Å²) in [4.78, 5) is 22.1. The van der Waals surface area contributed by atoms with Crippen LogP contribution in [0.1, 0.15) is 10.4 Å². The van der Waals surface area contributed by atoms with Gasteiger partial charge in [-0.15, -0.1) is 0 Å². The number of anilines is 1. The third kappa shape index (κ3) is 3.45. The van der Waals surface area contributed by atoms with Crippen LogP contribution < -0.4 is 5.32 Å². The molecular formula is C13H8ClIN2O3. The summed E-state index contributed by atoms with van der Waals surface area (Å²) in [6, 6.07) is 11.0. The molecule has 0 saturated heterocycles. The van der Waals surface area contributed by atoms with Gasteiger partial charge in [-0.3, -0.25) is 14.9 Å². The van der Waals surface area contributed by atoms with E-state index in [2.05, 4.69) is 27.9 Å². The van der Waals surface area contributed by atoms with E-state index in [0.29, 0.717) is 5.69 Å². The van der Waals surface area contributed by atoms with Crippen molar-refractivity contribution in [3.05, 3.63) is 66.7 Å². The molecular weight excluding hydrogens is 395 g/mol. The van der Waals surface area contributed by atoms with E-state index in [1.807, 2.05) is 12.1 Å². The molecule has 7 heteroatoms. The Kier molecular flexibility index (Phi) is 4.56. The van der Waals surface area contributed by atoms with Crippen LogP contribution in [0, 0.1) is 13.7 Å². The van der Waals surface area contributed by atoms with Gasteiger partial charge < -0.3 is 5.32 Å². The van der Waals surface area contributed by atoms with E-state index in [9.17, 15) is 14.9 Å². The fourth-order valence-corrected chi connectivity index (χ4v) is 2.15. The Balaban J connectivity index is 2.21. The Morgan fingerprint density at radius 3 is 2.40 bits per heavy atom. The topological polar surface area (TPSA) is 72.2 Å². The van der Waals surface area contributed by atoms with Crippen LogP contribution in [0.5, 0.6) is 0 Å². The van der Waals surface area contributed by atoms with Gasteiger partial charge >= 0.3 is 0 Å². The van der Waals surface area contributed by atoms with Gasteiger partial charge in [0.05, 0.1) is 15.5 Å². The summed E-state index contributed by atoms with van der Waals surface area (Å²) >= 11 is 8.05. The van der Waals surface area contributed by atoms with Gasteiger partial charge in [0.25, 0.3) is 11.6 Å². The number of halogens is 2. The summed E-state index contributed by atoms with van der Waals surface area (Å²) < 4.78 is 1.05. The Labute approximate surface area is 133 Å². The molecule has 0 unspecified atom stereocenters. The van der Waals surface area contributed by atoms with Crippen LogP contribution in [0.3, 0.4) is 0 Å². The summed E-state index contributed by atoms with van der Waals surface area (Å²) in [5.74, 6) is -0.411. The number of benzene rings is 2. The predicted octanol–water partition coefficient (Wildman–Crippen LogP) is 4.11. The first kappa shape index (κ1) is 14.7. The second-order valence-corrected chi connectivity index (χ2v) is 5.54. The number of carbonyl (C=O) groups is 1. The van der Waals surface area contributed by atoms with Gasteiger partial charge in [0, 0.05) is 21.4 Å².